The summed E-state index contributed by atoms with van der Waals surface area (Å²) in [7, 11) is 0. The van der Waals surface area contributed by atoms with Gasteiger partial charge < -0.3 is 5.32 Å². The first-order chi connectivity index (χ1) is 8.65. The molecule has 0 bridgehead atoms. The molecule has 3 nitrogen and oxygen atoms in total. The van der Waals surface area contributed by atoms with E-state index in [1.165, 1.54) is 12.1 Å². The maximum atomic E-state index is 13.3. The Labute approximate surface area is 105 Å². The Kier molecular flexibility index (Phi) is 3.67. The molecule has 0 aliphatic rings. The highest BCUT2D eigenvalue weighted by atomic mass is 19.1. The van der Waals surface area contributed by atoms with Crippen LogP contribution in [0.1, 0.15) is 5.56 Å². The lowest BCUT2D eigenvalue weighted by Gasteiger charge is -2.03. The topological polar surface area (TPSA) is 33.0 Å². The van der Waals surface area contributed by atoms with Crippen molar-refractivity contribution in [2.75, 3.05) is 5.32 Å². The van der Waals surface area contributed by atoms with Gasteiger partial charge in [-0.25, -0.2) is 4.39 Å². The number of rotatable bonds is 3. The number of anilines is 1. The maximum Gasteiger partial charge on any atom is 0.290 e. The molecule has 2 aromatic rings. The number of para-hydroxylation sites is 1. The van der Waals surface area contributed by atoms with Crippen molar-refractivity contribution in [2.45, 2.75) is 13.5 Å². The minimum absolute atomic E-state index is 0.161. The highest BCUT2D eigenvalue weighted by Crippen LogP contribution is 2.11. The van der Waals surface area contributed by atoms with E-state index in [2.05, 4.69) is 5.32 Å². The number of halogens is 1. The summed E-state index contributed by atoms with van der Waals surface area (Å²) in [5.41, 5.74) is 1.33. The van der Waals surface area contributed by atoms with Crippen LogP contribution in [-0.4, -0.2) is 5.91 Å². The van der Waals surface area contributed by atoms with Gasteiger partial charge in [0, 0.05) is 12.1 Å². The largest absolute Gasteiger partial charge is 0.318 e. The van der Waals surface area contributed by atoms with Crippen molar-refractivity contribution in [3.63, 3.8) is 0 Å². The van der Waals surface area contributed by atoms with Crippen molar-refractivity contribution in [3.8, 4) is 0 Å². The van der Waals surface area contributed by atoms with Crippen LogP contribution in [0.4, 0.5) is 10.1 Å². The third kappa shape index (κ3) is 3.13. The zero-order valence-electron chi connectivity index (χ0n) is 10.1. The predicted molar refractivity (Wildman–Crippen MR) is 66.4 cm³/mol. The quantitative estimate of drug-likeness (QED) is 0.825. The van der Waals surface area contributed by atoms with Gasteiger partial charge >= 0.3 is 0 Å². The highest BCUT2D eigenvalue weighted by molar-refractivity contribution is 5.89. The van der Waals surface area contributed by atoms with Crippen LogP contribution in [0.5, 0.6) is 0 Å². The molecule has 0 aliphatic carbocycles. The SMILES string of the molecule is Cc1cc[n+](CC(=O)Nc2ccccc2F)cc1. The first kappa shape index (κ1) is 12.2. The van der Waals surface area contributed by atoms with Gasteiger partial charge in [0.15, 0.2) is 12.4 Å². The summed E-state index contributed by atoms with van der Waals surface area (Å²) in [6.07, 6.45) is 3.63. The molecule has 0 fully saturated rings. The first-order valence-corrected chi connectivity index (χ1v) is 5.65. The molecule has 92 valence electrons. The molecule has 1 aromatic carbocycles. The van der Waals surface area contributed by atoms with E-state index in [0.717, 1.165) is 5.56 Å². The molecular formula is C14H14FN2O+. The zero-order valence-corrected chi connectivity index (χ0v) is 10.1. The minimum Gasteiger partial charge on any atom is -0.318 e. The lowest BCUT2D eigenvalue weighted by Crippen LogP contribution is -2.39. The van der Waals surface area contributed by atoms with Crippen LogP contribution in [0.15, 0.2) is 48.8 Å². The molecule has 0 saturated carbocycles. The molecule has 0 unspecified atom stereocenters. The number of pyridine rings is 1. The van der Waals surface area contributed by atoms with Gasteiger partial charge in [-0.15, -0.1) is 0 Å². The van der Waals surface area contributed by atoms with Gasteiger partial charge in [-0.05, 0) is 24.6 Å². The fourth-order valence-corrected chi connectivity index (χ4v) is 1.56. The second-order valence-electron chi connectivity index (χ2n) is 4.08. The number of nitrogens with one attached hydrogen (secondary N) is 1. The maximum absolute atomic E-state index is 13.3. The molecule has 1 aromatic heterocycles. The number of carbonyl (C=O) groups excluding carboxylic acids is 1. The molecule has 0 aliphatic heterocycles. The Morgan fingerprint density at radius 1 is 1.22 bits per heavy atom. The summed E-state index contributed by atoms with van der Waals surface area (Å²) >= 11 is 0. The van der Waals surface area contributed by atoms with Crippen LogP contribution in [0, 0.1) is 12.7 Å². The second kappa shape index (κ2) is 5.40. The van der Waals surface area contributed by atoms with Gasteiger partial charge in [0.1, 0.15) is 5.82 Å². The minimum atomic E-state index is -0.431. The van der Waals surface area contributed by atoms with Gasteiger partial charge in [-0.3, -0.25) is 4.79 Å². The van der Waals surface area contributed by atoms with Gasteiger partial charge in [0.2, 0.25) is 6.54 Å². The normalized spacial score (nSPS) is 10.1. The highest BCUT2D eigenvalue weighted by Gasteiger charge is 2.11. The fraction of sp³-hybridized carbons (Fsp3) is 0.143. The summed E-state index contributed by atoms with van der Waals surface area (Å²) in [4.78, 5) is 11.7. The summed E-state index contributed by atoms with van der Waals surface area (Å²) in [5, 5.41) is 2.54. The number of hydrogen-bond donors (Lipinski definition) is 1. The van der Waals surface area contributed by atoms with E-state index in [4.69, 9.17) is 0 Å². The van der Waals surface area contributed by atoms with Crippen molar-refractivity contribution in [1.29, 1.82) is 0 Å². The molecule has 18 heavy (non-hydrogen) atoms. The number of aromatic nitrogens is 1. The van der Waals surface area contributed by atoms with Crippen LogP contribution in [-0.2, 0) is 11.3 Å². The van der Waals surface area contributed by atoms with Crippen LogP contribution in [0.25, 0.3) is 0 Å². The van der Waals surface area contributed by atoms with E-state index in [1.54, 1.807) is 16.7 Å². The molecule has 0 spiro atoms. The second-order valence-corrected chi connectivity index (χ2v) is 4.08. The summed E-state index contributed by atoms with van der Waals surface area (Å²) in [6.45, 7) is 2.14. The summed E-state index contributed by atoms with van der Waals surface area (Å²) in [5.74, 6) is -0.686. The molecule has 1 N–H and O–H groups in total. The van der Waals surface area contributed by atoms with Crippen molar-refractivity contribution < 1.29 is 13.8 Å². The Bertz CT molecular complexity index is 552. The number of nitrogens with zero attached hydrogens (tertiary/aromatic N) is 1. The standard InChI is InChI=1S/C14H13FN2O/c1-11-6-8-17(9-7-11)10-14(18)16-13-5-3-2-4-12(13)15/h2-9H,10H2,1H3/p+1. The van der Waals surface area contributed by atoms with Crippen molar-refractivity contribution >= 4 is 11.6 Å². The fourth-order valence-electron chi connectivity index (χ4n) is 1.56. The summed E-state index contributed by atoms with van der Waals surface area (Å²) < 4.78 is 15.1. The van der Waals surface area contributed by atoms with Crippen LogP contribution >= 0.6 is 0 Å². The van der Waals surface area contributed by atoms with Crippen molar-refractivity contribution in [3.05, 3.63) is 60.2 Å². The third-order valence-corrected chi connectivity index (χ3v) is 2.53. The Morgan fingerprint density at radius 3 is 2.56 bits per heavy atom. The molecule has 0 atom stereocenters. The van der Waals surface area contributed by atoms with E-state index in [0.29, 0.717) is 0 Å². The molecule has 1 heterocycles. The zero-order chi connectivity index (χ0) is 13.0. The molecular weight excluding hydrogens is 231 g/mol. The van der Waals surface area contributed by atoms with Crippen molar-refractivity contribution in [2.24, 2.45) is 0 Å². The van der Waals surface area contributed by atoms with Crippen LogP contribution in [0.2, 0.25) is 0 Å². The van der Waals surface area contributed by atoms with Crippen LogP contribution in [0.3, 0.4) is 0 Å². The van der Waals surface area contributed by atoms with Gasteiger partial charge in [-0.1, -0.05) is 12.1 Å². The first-order valence-electron chi connectivity index (χ1n) is 5.65. The average molecular weight is 245 g/mol. The van der Waals surface area contributed by atoms with Gasteiger partial charge in [-0.2, -0.15) is 4.57 Å². The van der Waals surface area contributed by atoms with Crippen LogP contribution < -0.4 is 9.88 Å². The van der Waals surface area contributed by atoms with E-state index >= 15 is 0 Å². The van der Waals surface area contributed by atoms with E-state index < -0.39 is 5.82 Å². The smallest absolute Gasteiger partial charge is 0.290 e. The van der Waals surface area contributed by atoms with E-state index in [1.807, 2.05) is 31.5 Å². The van der Waals surface area contributed by atoms with E-state index in [9.17, 15) is 9.18 Å². The number of amides is 1. The number of carbonyl (C=O) groups is 1. The molecule has 4 heteroatoms. The lowest BCUT2D eigenvalue weighted by molar-refractivity contribution is -0.684. The number of benzene rings is 1. The Balaban J connectivity index is 2.01. The average Bonchev–Trinajstić information content (AvgIpc) is 2.35. The van der Waals surface area contributed by atoms with Crippen molar-refractivity contribution in [1.82, 2.24) is 0 Å². The van der Waals surface area contributed by atoms with Gasteiger partial charge in [0.05, 0.1) is 5.69 Å². The monoisotopic (exact) mass is 245 g/mol. The molecule has 1 amide bonds. The number of hydrogen-bond acceptors (Lipinski definition) is 1. The van der Waals surface area contributed by atoms with E-state index in [-0.39, 0.29) is 18.1 Å². The lowest BCUT2D eigenvalue weighted by atomic mass is 10.3. The summed E-state index contributed by atoms with van der Waals surface area (Å²) in [6, 6.07) is 9.94. The Morgan fingerprint density at radius 2 is 1.89 bits per heavy atom. The number of aryl methyl sites for hydroxylation is 1. The van der Waals surface area contributed by atoms with Gasteiger partial charge in [0.25, 0.3) is 5.91 Å². The molecule has 2 rings (SSSR count). The predicted octanol–water partition coefficient (Wildman–Crippen LogP) is 2.06. The third-order valence-electron chi connectivity index (χ3n) is 2.53. The Hall–Kier alpha value is -2.23. The molecule has 0 radical (unpaired) electrons. The molecule has 0 saturated heterocycles.